The van der Waals surface area contributed by atoms with Gasteiger partial charge < -0.3 is 5.32 Å². The van der Waals surface area contributed by atoms with Gasteiger partial charge >= 0.3 is 0 Å². The van der Waals surface area contributed by atoms with Gasteiger partial charge in [0.15, 0.2) is 5.82 Å². The molecule has 0 unspecified atom stereocenters. The highest BCUT2D eigenvalue weighted by molar-refractivity contribution is 6.42. The average Bonchev–Trinajstić information content (AvgIpc) is 2.40. The number of nitrogens with one attached hydrogen (secondary N) is 1. The third-order valence-corrected chi connectivity index (χ3v) is 3.38. The third kappa shape index (κ3) is 3.18. The number of nitro benzene ring substituents is 1. The summed E-state index contributed by atoms with van der Waals surface area (Å²) in [6.45, 7) is 0.193. The first kappa shape index (κ1) is 14.6. The van der Waals surface area contributed by atoms with E-state index >= 15 is 0 Å². The number of nitro groups is 1. The van der Waals surface area contributed by atoms with E-state index in [2.05, 4.69) is 5.32 Å². The van der Waals surface area contributed by atoms with Crippen LogP contribution in [0.4, 0.5) is 15.8 Å². The van der Waals surface area contributed by atoms with E-state index in [0.717, 1.165) is 11.6 Å². The van der Waals surface area contributed by atoms with Gasteiger partial charge in [-0.3, -0.25) is 10.1 Å². The molecule has 4 nitrogen and oxygen atoms in total. The Kier molecular flexibility index (Phi) is 4.42. The van der Waals surface area contributed by atoms with Crippen molar-refractivity contribution >= 4 is 34.6 Å². The summed E-state index contributed by atoms with van der Waals surface area (Å²) in [5.41, 5.74) is 0.269. The second-order valence-electron chi connectivity index (χ2n) is 3.99. The van der Waals surface area contributed by atoms with Crippen LogP contribution in [0.3, 0.4) is 0 Å². The molecule has 0 atom stereocenters. The van der Waals surface area contributed by atoms with E-state index in [1.54, 1.807) is 18.2 Å². The predicted molar refractivity (Wildman–Crippen MR) is 76.8 cm³/mol. The summed E-state index contributed by atoms with van der Waals surface area (Å²) in [5, 5.41) is 14.3. The molecule has 0 saturated heterocycles. The number of hydrogen-bond donors (Lipinski definition) is 1. The molecule has 1 N–H and O–H groups in total. The van der Waals surface area contributed by atoms with E-state index in [1.165, 1.54) is 12.1 Å². The highest BCUT2D eigenvalue weighted by atomic mass is 35.5. The second kappa shape index (κ2) is 6.07. The maximum Gasteiger partial charge on any atom is 0.295 e. The summed E-state index contributed by atoms with van der Waals surface area (Å²) in [4.78, 5) is 10.2. The lowest BCUT2D eigenvalue weighted by molar-refractivity contribution is -0.384. The number of nitrogens with zero attached hydrogens (tertiary/aromatic N) is 1. The first-order valence-electron chi connectivity index (χ1n) is 5.59. The highest BCUT2D eigenvalue weighted by Crippen LogP contribution is 2.28. The molecular formula is C13H9Cl2FN2O2. The Morgan fingerprint density at radius 2 is 1.95 bits per heavy atom. The Morgan fingerprint density at radius 3 is 2.60 bits per heavy atom. The highest BCUT2D eigenvalue weighted by Gasteiger charge is 2.17. The first-order valence-corrected chi connectivity index (χ1v) is 6.35. The molecule has 0 bridgehead atoms. The van der Waals surface area contributed by atoms with Gasteiger partial charge in [-0.2, -0.15) is 0 Å². The van der Waals surface area contributed by atoms with Crippen molar-refractivity contribution in [1.29, 1.82) is 0 Å². The van der Waals surface area contributed by atoms with Crippen LogP contribution >= 0.6 is 23.2 Å². The molecule has 2 rings (SSSR count). The molecule has 0 amide bonds. The zero-order valence-electron chi connectivity index (χ0n) is 10.1. The zero-order chi connectivity index (χ0) is 14.7. The number of hydrogen-bond acceptors (Lipinski definition) is 3. The van der Waals surface area contributed by atoms with E-state index in [9.17, 15) is 14.5 Å². The molecule has 0 heterocycles. The molecule has 0 aliphatic carbocycles. The lowest BCUT2D eigenvalue weighted by Crippen LogP contribution is -2.04. The van der Waals surface area contributed by atoms with Crippen LogP contribution in [0.2, 0.25) is 10.0 Å². The number of rotatable bonds is 4. The Hall–Kier alpha value is -1.85. The molecule has 20 heavy (non-hydrogen) atoms. The van der Waals surface area contributed by atoms with Gasteiger partial charge in [-0.25, -0.2) is 4.39 Å². The van der Waals surface area contributed by atoms with Gasteiger partial charge in [-0.05, 0) is 23.8 Å². The van der Waals surface area contributed by atoms with Crippen LogP contribution in [0, 0.1) is 15.9 Å². The minimum Gasteiger partial charge on any atom is -0.373 e. The Morgan fingerprint density at radius 1 is 1.20 bits per heavy atom. The van der Waals surface area contributed by atoms with Gasteiger partial charge in [0.05, 0.1) is 15.0 Å². The topological polar surface area (TPSA) is 55.2 Å². The standard InChI is InChI=1S/C13H9Cl2FN2O2/c14-9-5-4-8(6-10(9)15)7-17-13-11(16)2-1-3-12(13)18(19)20/h1-6,17H,7H2. The third-order valence-electron chi connectivity index (χ3n) is 2.64. The molecule has 2 aromatic carbocycles. The molecule has 0 radical (unpaired) electrons. The van der Waals surface area contributed by atoms with E-state index in [4.69, 9.17) is 23.2 Å². The van der Waals surface area contributed by atoms with Crippen LogP contribution in [-0.2, 0) is 6.54 Å². The number of halogens is 3. The molecule has 0 aromatic heterocycles. The first-order chi connectivity index (χ1) is 9.49. The SMILES string of the molecule is O=[N+]([O-])c1cccc(F)c1NCc1ccc(Cl)c(Cl)c1. The summed E-state index contributed by atoms with van der Waals surface area (Å²) in [6, 6.07) is 8.61. The quantitative estimate of drug-likeness (QED) is 0.660. The predicted octanol–water partition coefficient (Wildman–Crippen LogP) is 4.65. The van der Waals surface area contributed by atoms with Crippen molar-refractivity contribution in [2.24, 2.45) is 0 Å². The lowest BCUT2D eigenvalue weighted by atomic mass is 10.2. The minimum atomic E-state index is -0.681. The maximum absolute atomic E-state index is 13.6. The number of para-hydroxylation sites is 1. The summed E-state index contributed by atoms with van der Waals surface area (Å²) in [6.07, 6.45) is 0. The molecule has 0 spiro atoms. The molecule has 7 heteroatoms. The van der Waals surface area contributed by atoms with Gasteiger partial charge in [0.1, 0.15) is 5.69 Å². The van der Waals surface area contributed by atoms with Gasteiger partial charge in [-0.1, -0.05) is 35.3 Å². The summed E-state index contributed by atoms with van der Waals surface area (Å²) >= 11 is 11.7. The summed E-state index contributed by atoms with van der Waals surface area (Å²) in [5.74, 6) is -0.681. The Bertz CT molecular complexity index is 665. The fraction of sp³-hybridized carbons (Fsp3) is 0.0769. The molecule has 104 valence electrons. The lowest BCUT2D eigenvalue weighted by Gasteiger charge is -2.09. The van der Waals surface area contributed by atoms with Crippen LogP contribution in [0.15, 0.2) is 36.4 Å². The van der Waals surface area contributed by atoms with E-state index < -0.39 is 10.7 Å². The summed E-state index contributed by atoms with van der Waals surface area (Å²) < 4.78 is 13.6. The van der Waals surface area contributed by atoms with Crippen LogP contribution in [0.5, 0.6) is 0 Å². The van der Waals surface area contributed by atoms with Crippen molar-refractivity contribution in [2.75, 3.05) is 5.32 Å². The van der Waals surface area contributed by atoms with Gasteiger partial charge in [-0.15, -0.1) is 0 Å². The molecule has 0 aliphatic heterocycles. The van der Waals surface area contributed by atoms with Crippen LogP contribution < -0.4 is 5.32 Å². The fourth-order valence-electron chi connectivity index (χ4n) is 1.68. The van der Waals surface area contributed by atoms with Crippen molar-refractivity contribution in [2.45, 2.75) is 6.54 Å². The van der Waals surface area contributed by atoms with Crippen molar-refractivity contribution < 1.29 is 9.31 Å². The molecular weight excluding hydrogens is 306 g/mol. The molecule has 0 aliphatic rings. The van der Waals surface area contributed by atoms with E-state index in [1.807, 2.05) is 0 Å². The van der Waals surface area contributed by atoms with Gasteiger partial charge in [0.2, 0.25) is 0 Å². The zero-order valence-corrected chi connectivity index (χ0v) is 11.6. The smallest absolute Gasteiger partial charge is 0.295 e. The Labute approximate surface area is 124 Å². The maximum atomic E-state index is 13.6. The van der Waals surface area contributed by atoms with Crippen LogP contribution in [0.25, 0.3) is 0 Å². The number of benzene rings is 2. The second-order valence-corrected chi connectivity index (χ2v) is 4.81. The van der Waals surface area contributed by atoms with Crippen molar-refractivity contribution in [3.63, 3.8) is 0 Å². The fourth-order valence-corrected chi connectivity index (χ4v) is 2.00. The molecule has 2 aromatic rings. The van der Waals surface area contributed by atoms with Crippen molar-refractivity contribution in [3.8, 4) is 0 Å². The van der Waals surface area contributed by atoms with Crippen molar-refractivity contribution in [3.05, 3.63) is 67.9 Å². The van der Waals surface area contributed by atoms with Crippen molar-refractivity contribution in [1.82, 2.24) is 0 Å². The Balaban J connectivity index is 2.22. The normalized spacial score (nSPS) is 10.3. The minimum absolute atomic E-state index is 0.149. The van der Waals surface area contributed by atoms with Gasteiger partial charge in [0.25, 0.3) is 5.69 Å². The average molecular weight is 315 g/mol. The summed E-state index contributed by atoms with van der Waals surface area (Å²) in [7, 11) is 0. The molecule has 0 saturated carbocycles. The molecule has 0 fully saturated rings. The van der Waals surface area contributed by atoms with Gasteiger partial charge in [0, 0.05) is 12.6 Å². The largest absolute Gasteiger partial charge is 0.373 e. The van der Waals surface area contributed by atoms with E-state index in [0.29, 0.717) is 10.0 Å². The van der Waals surface area contributed by atoms with Crippen LogP contribution in [0.1, 0.15) is 5.56 Å². The monoisotopic (exact) mass is 314 g/mol. The number of anilines is 1. The van der Waals surface area contributed by atoms with Crippen LogP contribution in [-0.4, -0.2) is 4.92 Å². The van der Waals surface area contributed by atoms with E-state index in [-0.39, 0.29) is 17.9 Å².